The molecule has 1 aromatic carbocycles. The number of carbonyl (C=O) groups excluding carboxylic acids is 1. The zero-order chi connectivity index (χ0) is 14.0. The Morgan fingerprint density at radius 3 is 2.68 bits per heavy atom. The minimum atomic E-state index is -0.903. The Morgan fingerprint density at radius 2 is 2.05 bits per heavy atom. The molecule has 0 aliphatic heterocycles. The fourth-order valence-electron chi connectivity index (χ4n) is 1.55. The maximum absolute atomic E-state index is 13.5. The van der Waals surface area contributed by atoms with E-state index in [4.69, 9.17) is 16.2 Å². The molecule has 0 fully saturated rings. The van der Waals surface area contributed by atoms with Crippen LogP contribution in [0.4, 0.5) is 10.1 Å². The summed E-state index contributed by atoms with van der Waals surface area (Å²) in [5.41, 5.74) is 11.5. The van der Waals surface area contributed by atoms with Gasteiger partial charge in [-0.2, -0.15) is 0 Å². The van der Waals surface area contributed by atoms with Gasteiger partial charge in [0.2, 0.25) is 5.88 Å². The first-order valence-corrected chi connectivity index (χ1v) is 5.48. The number of primary amides is 1. The standard InChI is InChI=1S/C13H12FN3O2/c1-7-9(15)5-6-11(17-7)19-10-4-2-3-8(14)12(10)13(16)18/h2-6H,15H2,1H3,(H2,16,18). The minimum Gasteiger partial charge on any atom is -0.438 e. The molecule has 0 radical (unpaired) electrons. The van der Waals surface area contributed by atoms with Crippen molar-refractivity contribution in [3.63, 3.8) is 0 Å². The van der Waals surface area contributed by atoms with E-state index < -0.39 is 11.7 Å². The summed E-state index contributed by atoms with van der Waals surface area (Å²) >= 11 is 0. The first kappa shape index (κ1) is 12.8. The molecule has 98 valence electrons. The number of rotatable bonds is 3. The van der Waals surface area contributed by atoms with Gasteiger partial charge in [0, 0.05) is 6.07 Å². The molecular formula is C13H12FN3O2. The van der Waals surface area contributed by atoms with Crippen LogP contribution in [0.2, 0.25) is 0 Å². The number of aromatic nitrogens is 1. The predicted molar refractivity (Wildman–Crippen MR) is 68.4 cm³/mol. The largest absolute Gasteiger partial charge is 0.438 e. The van der Waals surface area contributed by atoms with Gasteiger partial charge < -0.3 is 16.2 Å². The number of nitrogens with zero attached hydrogens (tertiary/aromatic N) is 1. The number of nitrogen functional groups attached to an aromatic ring is 1. The third-order valence-corrected chi connectivity index (χ3v) is 2.54. The number of hydrogen-bond acceptors (Lipinski definition) is 4. The summed E-state index contributed by atoms with van der Waals surface area (Å²) in [5, 5.41) is 0. The van der Waals surface area contributed by atoms with Crippen molar-refractivity contribution in [3.05, 3.63) is 47.4 Å². The van der Waals surface area contributed by atoms with Gasteiger partial charge in [-0.05, 0) is 25.1 Å². The van der Waals surface area contributed by atoms with Gasteiger partial charge in [-0.3, -0.25) is 4.79 Å². The van der Waals surface area contributed by atoms with Gasteiger partial charge >= 0.3 is 0 Å². The number of aryl methyl sites for hydroxylation is 1. The summed E-state index contributed by atoms with van der Waals surface area (Å²) in [5.74, 6) is -1.42. The maximum Gasteiger partial charge on any atom is 0.255 e. The third-order valence-electron chi connectivity index (χ3n) is 2.54. The second-order valence-electron chi connectivity index (χ2n) is 3.90. The van der Waals surface area contributed by atoms with E-state index in [1.165, 1.54) is 18.2 Å². The smallest absolute Gasteiger partial charge is 0.255 e. The molecule has 0 saturated carbocycles. The molecule has 0 unspecified atom stereocenters. The average Bonchev–Trinajstić information content (AvgIpc) is 2.33. The fraction of sp³-hybridized carbons (Fsp3) is 0.0769. The quantitative estimate of drug-likeness (QED) is 0.884. The zero-order valence-electron chi connectivity index (χ0n) is 10.2. The van der Waals surface area contributed by atoms with E-state index in [1.54, 1.807) is 13.0 Å². The van der Waals surface area contributed by atoms with Crippen LogP contribution >= 0.6 is 0 Å². The number of hydrogen-bond donors (Lipinski definition) is 2. The SMILES string of the molecule is Cc1nc(Oc2cccc(F)c2C(N)=O)ccc1N. The van der Waals surface area contributed by atoms with Crippen LogP contribution in [0.25, 0.3) is 0 Å². The van der Waals surface area contributed by atoms with E-state index in [-0.39, 0.29) is 17.2 Å². The number of amides is 1. The Morgan fingerprint density at radius 1 is 1.32 bits per heavy atom. The summed E-state index contributed by atoms with van der Waals surface area (Å²) in [6.45, 7) is 1.71. The van der Waals surface area contributed by atoms with Gasteiger partial charge in [-0.25, -0.2) is 9.37 Å². The highest BCUT2D eigenvalue weighted by molar-refractivity contribution is 5.96. The lowest BCUT2D eigenvalue weighted by atomic mass is 10.2. The Bertz CT molecular complexity index is 644. The summed E-state index contributed by atoms with van der Waals surface area (Å²) in [6, 6.07) is 7.13. The van der Waals surface area contributed by atoms with E-state index in [2.05, 4.69) is 4.98 Å². The van der Waals surface area contributed by atoms with E-state index >= 15 is 0 Å². The fourth-order valence-corrected chi connectivity index (χ4v) is 1.55. The number of halogens is 1. The number of ether oxygens (including phenoxy) is 1. The van der Waals surface area contributed by atoms with Crippen molar-refractivity contribution in [1.29, 1.82) is 0 Å². The second kappa shape index (κ2) is 4.93. The lowest BCUT2D eigenvalue weighted by molar-refractivity contribution is 0.0994. The van der Waals surface area contributed by atoms with Gasteiger partial charge in [-0.1, -0.05) is 6.07 Å². The Hall–Kier alpha value is -2.63. The van der Waals surface area contributed by atoms with Crippen LogP contribution in [0.15, 0.2) is 30.3 Å². The highest BCUT2D eigenvalue weighted by Crippen LogP contribution is 2.26. The van der Waals surface area contributed by atoms with Crippen molar-refractivity contribution in [2.45, 2.75) is 6.92 Å². The average molecular weight is 261 g/mol. The summed E-state index contributed by atoms with van der Waals surface area (Å²) in [7, 11) is 0. The van der Waals surface area contributed by atoms with E-state index in [9.17, 15) is 9.18 Å². The van der Waals surface area contributed by atoms with Crippen LogP contribution < -0.4 is 16.2 Å². The zero-order valence-corrected chi connectivity index (χ0v) is 10.2. The van der Waals surface area contributed by atoms with Crippen LogP contribution in [0.1, 0.15) is 16.1 Å². The first-order chi connectivity index (χ1) is 8.99. The monoisotopic (exact) mass is 261 g/mol. The topological polar surface area (TPSA) is 91.2 Å². The molecule has 1 aromatic heterocycles. The Kier molecular flexibility index (Phi) is 3.33. The maximum atomic E-state index is 13.5. The minimum absolute atomic E-state index is 0.0178. The normalized spacial score (nSPS) is 10.2. The lowest BCUT2D eigenvalue weighted by Gasteiger charge is -2.10. The Balaban J connectivity index is 2.40. The van der Waals surface area contributed by atoms with Gasteiger partial charge in [0.25, 0.3) is 5.91 Å². The number of nitrogens with two attached hydrogens (primary N) is 2. The molecule has 0 aliphatic carbocycles. The molecule has 6 heteroatoms. The van der Waals surface area contributed by atoms with E-state index in [1.807, 2.05) is 0 Å². The van der Waals surface area contributed by atoms with Crippen molar-refractivity contribution >= 4 is 11.6 Å². The van der Waals surface area contributed by atoms with Crippen LogP contribution in [0, 0.1) is 12.7 Å². The molecule has 4 N–H and O–H groups in total. The molecule has 0 bridgehead atoms. The lowest BCUT2D eigenvalue weighted by Crippen LogP contribution is -2.14. The first-order valence-electron chi connectivity index (χ1n) is 5.48. The Labute approximate surface area is 109 Å². The van der Waals surface area contributed by atoms with Crippen molar-refractivity contribution in [3.8, 4) is 11.6 Å². The third kappa shape index (κ3) is 2.62. The van der Waals surface area contributed by atoms with Crippen molar-refractivity contribution < 1.29 is 13.9 Å². The number of pyridine rings is 1. The summed E-state index contributed by atoms with van der Waals surface area (Å²) in [6.07, 6.45) is 0. The van der Waals surface area contributed by atoms with Gasteiger partial charge in [0.05, 0.1) is 11.4 Å². The summed E-state index contributed by atoms with van der Waals surface area (Å²) in [4.78, 5) is 15.3. The van der Waals surface area contributed by atoms with Crippen LogP contribution in [0.3, 0.4) is 0 Å². The number of benzene rings is 1. The highest BCUT2D eigenvalue weighted by Gasteiger charge is 2.16. The number of anilines is 1. The molecule has 2 aromatic rings. The predicted octanol–water partition coefficient (Wildman–Crippen LogP) is 2.00. The van der Waals surface area contributed by atoms with Crippen molar-refractivity contribution in [1.82, 2.24) is 4.98 Å². The molecule has 0 saturated heterocycles. The molecule has 19 heavy (non-hydrogen) atoms. The summed E-state index contributed by atoms with van der Waals surface area (Å²) < 4.78 is 18.9. The highest BCUT2D eigenvalue weighted by atomic mass is 19.1. The van der Waals surface area contributed by atoms with Gasteiger partial charge in [-0.15, -0.1) is 0 Å². The molecule has 1 heterocycles. The molecule has 0 aliphatic rings. The second-order valence-corrected chi connectivity index (χ2v) is 3.90. The molecule has 2 rings (SSSR count). The van der Waals surface area contributed by atoms with Crippen molar-refractivity contribution in [2.24, 2.45) is 5.73 Å². The van der Waals surface area contributed by atoms with Gasteiger partial charge in [0.15, 0.2) is 0 Å². The van der Waals surface area contributed by atoms with Gasteiger partial charge in [0.1, 0.15) is 17.1 Å². The molecular weight excluding hydrogens is 249 g/mol. The van der Waals surface area contributed by atoms with Crippen LogP contribution in [-0.2, 0) is 0 Å². The van der Waals surface area contributed by atoms with E-state index in [0.717, 1.165) is 6.07 Å². The van der Waals surface area contributed by atoms with Crippen LogP contribution in [0.5, 0.6) is 11.6 Å². The van der Waals surface area contributed by atoms with Crippen LogP contribution in [-0.4, -0.2) is 10.9 Å². The molecule has 5 nitrogen and oxygen atoms in total. The van der Waals surface area contributed by atoms with E-state index in [0.29, 0.717) is 11.4 Å². The molecule has 0 atom stereocenters. The van der Waals surface area contributed by atoms with Crippen molar-refractivity contribution in [2.75, 3.05) is 5.73 Å². The molecule has 1 amide bonds. The molecule has 0 spiro atoms. The number of carbonyl (C=O) groups is 1.